The molecular weight excluding hydrogens is 568 g/mol. The van der Waals surface area contributed by atoms with Crippen molar-refractivity contribution in [2.24, 2.45) is 0 Å². The number of nitro groups is 1. The molecular formula is C32H28N4O6S. The number of nitro benzene ring substituents is 1. The van der Waals surface area contributed by atoms with Gasteiger partial charge in [-0.2, -0.15) is 0 Å². The van der Waals surface area contributed by atoms with Crippen molar-refractivity contribution >= 4 is 52.6 Å². The Hall–Kier alpha value is -5.42. The lowest BCUT2D eigenvalue weighted by molar-refractivity contribution is -0.384. The molecule has 0 spiro atoms. The number of benzene rings is 4. The molecule has 3 N–H and O–H groups in total. The number of non-ortho nitro benzene ring substituents is 1. The number of anilines is 2. The number of methoxy groups -OCH3 is 1. The molecule has 0 aliphatic heterocycles. The van der Waals surface area contributed by atoms with E-state index in [1.54, 1.807) is 92.9 Å². The number of amides is 3. The second kappa shape index (κ2) is 14.5. The van der Waals surface area contributed by atoms with Crippen LogP contribution in [-0.4, -0.2) is 35.0 Å². The van der Waals surface area contributed by atoms with Gasteiger partial charge in [0.2, 0.25) is 5.91 Å². The number of hydrogen-bond donors (Lipinski definition) is 3. The highest BCUT2D eigenvalue weighted by molar-refractivity contribution is 8.00. The summed E-state index contributed by atoms with van der Waals surface area (Å²) in [5, 5.41) is 18.9. The topological polar surface area (TPSA) is 140 Å². The molecule has 0 bridgehead atoms. The summed E-state index contributed by atoms with van der Waals surface area (Å²) in [6, 6.07) is 28.0. The van der Waals surface area contributed by atoms with E-state index in [4.69, 9.17) is 4.74 Å². The van der Waals surface area contributed by atoms with Crippen LogP contribution in [0, 0.1) is 10.1 Å². The predicted molar refractivity (Wildman–Crippen MR) is 167 cm³/mol. The second-order valence-corrected chi connectivity index (χ2v) is 10.6. The summed E-state index contributed by atoms with van der Waals surface area (Å²) in [6.07, 6.45) is 1.44. The number of carbonyl (C=O) groups excluding carboxylic acids is 3. The fraction of sp³-hybridized carbons (Fsp3) is 0.0938. The van der Waals surface area contributed by atoms with E-state index >= 15 is 0 Å². The molecule has 3 amide bonds. The van der Waals surface area contributed by atoms with Crippen LogP contribution >= 0.6 is 11.8 Å². The molecule has 0 saturated heterocycles. The van der Waals surface area contributed by atoms with Gasteiger partial charge < -0.3 is 20.7 Å². The van der Waals surface area contributed by atoms with E-state index in [2.05, 4.69) is 16.0 Å². The Kier molecular flexibility index (Phi) is 10.3. The summed E-state index contributed by atoms with van der Waals surface area (Å²) in [6.45, 7) is 1.79. The number of carbonyl (C=O) groups is 3. The van der Waals surface area contributed by atoms with E-state index in [1.807, 2.05) is 0 Å². The SMILES string of the molecule is COc1cccc(NC(=O)C(C)Sc2ccc(NC(=O)/C(=C/c3ccc([N+](=O)[O-])cc3)NC(=O)c3ccccc3)cc2)c1. The molecule has 0 saturated carbocycles. The second-order valence-electron chi connectivity index (χ2n) is 9.19. The van der Waals surface area contributed by atoms with Gasteiger partial charge in [0.05, 0.1) is 17.3 Å². The van der Waals surface area contributed by atoms with Crippen molar-refractivity contribution in [3.05, 3.63) is 130 Å². The number of nitrogens with zero attached hydrogens (tertiary/aromatic N) is 1. The van der Waals surface area contributed by atoms with Crippen LogP contribution in [0.3, 0.4) is 0 Å². The fourth-order valence-corrected chi connectivity index (χ4v) is 4.69. The van der Waals surface area contributed by atoms with Crippen LogP contribution in [0.5, 0.6) is 5.75 Å². The summed E-state index contributed by atoms with van der Waals surface area (Å²) in [7, 11) is 1.56. The van der Waals surface area contributed by atoms with Crippen LogP contribution in [0.2, 0.25) is 0 Å². The van der Waals surface area contributed by atoms with Gasteiger partial charge in [0, 0.05) is 40.0 Å². The van der Waals surface area contributed by atoms with Crippen molar-refractivity contribution in [2.75, 3.05) is 17.7 Å². The lowest BCUT2D eigenvalue weighted by Crippen LogP contribution is -2.30. The van der Waals surface area contributed by atoms with Gasteiger partial charge in [0.25, 0.3) is 17.5 Å². The van der Waals surface area contributed by atoms with E-state index in [-0.39, 0.29) is 17.3 Å². The number of nitrogens with one attached hydrogen (secondary N) is 3. The lowest BCUT2D eigenvalue weighted by atomic mass is 10.1. The van der Waals surface area contributed by atoms with Gasteiger partial charge in [-0.25, -0.2) is 0 Å². The average molecular weight is 597 g/mol. The van der Waals surface area contributed by atoms with Crippen LogP contribution in [-0.2, 0) is 9.59 Å². The normalized spacial score (nSPS) is 11.6. The monoisotopic (exact) mass is 596 g/mol. The molecule has 4 aromatic rings. The number of thioether (sulfide) groups is 1. The molecule has 0 aliphatic rings. The quantitative estimate of drug-likeness (QED) is 0.0819. The van der Waals surface area contributed by atoms with Gasteiger partial charge in [0.15, 0.2) is 0 Å². The van der Waals surface area contributed by atoms with E-state index < -0.39 is 22.0 Å². The Morgan fingerprint density at radius 2 is 1.56 bits per heavy atom. The molecule has 0 heterocycles. The third-order valence-corrected chi connectivity index (χ3v) is 7.19. The summed E-state index contributed by atoms with van der Waals surface area (Å²) in [4.78, 5) is 50.1. The maximum atomic E-state index is 13.3. The standard InChI is InChI=1S/C32H28N4O6S/c1-21(30(37)34-25-9-6-10-27(20-25)42-2)43-28-17-13-24(14-18-28)33-32(39)29(35-31(38)23-7-4-3-5-8-23)19-22-11-15-26(16-12-22)36(40)41/h3-21H,1-2H3,(H,33,39)(H,34,37)(H,35,38)/b29-19-. The fourth-order valence-electron chi connectivity index (χ4n) is 3.82. The highest BCUT2D eigenvalue weighted by atomic mass is 32.2. The molecule has 11 heteroatoms. The Morgan fingerprint density at radius 1 is 0.860 bits per heavy atom. The van der Waals surface area contributed by atoms with Gasteiger partial charge in [-0.15, -0.1) is 11.8 Å². The maximum absolute atomic E-state index is 13.3. The van der Waals surface area contributed by atoms with Crippen LogP contribution < -0.4 is 20.7 Å². The maximum Gasteiger partial charge on any atom is 0.272 e. The molecule has 4 aromatic carbocycles. The van der Waals surface area contributed by atoms with Crippen LogP contribution in [0.4, 0.5) is 17.1 Å². The summed E-state index contributed by atoms with van der Waals surface area (Å²) in [5.74, 6) is -0.613. The zero-order valence-corrected chi connectivity index (χ0v) is 24.1. The molecule has 0 aliphatic carbocycles. The molecule has 218 valence electrons. The van der Waals surface area contributed by atoms with Crippen molar-refractivity contribution in [1.82, 2.24) is 5.32 Å². The Bertz CT molecular complexity index is 1640. The minimum absolute atomic E-state index is 0.0519. The Balaban J connectivity index is 1.44. The first-order valence-electron chi connectivity index (χ1n) is 13.1. The van der Waals surface area contributed by atoms with Gasteiger partial charge >= 0.3 is 0 Å². The van der Waals surface area contributed by atoms with Crippen LogP contribution in [0.25, 0.3) is 6.08 Å². The first kappa shape index (κ1) is 30.5. The van der Waals surface area contributed by atoms with Crippen molar-refractivity contribution in [3.63, 3.8) is 0 Å². The summed E-state index contributed by atoms with van der Waals surface area (Å²) >= 11 is 1.35. The molecule has 0 radical (unpaired) electrons. The number of ether oxygens (including phenoxy) is 1. The molecule has 10 nitrogen and oxygen atoms in total. The highest BCUT2D eigenvalue weighted by Gasteiger charge is 2.17. The van der Waals surface area contributed by atoms with E-state index in [0.717, 1.165) is 4.90 Å². The lowest BCUT2D eigenvalue weighted by Gasteiger charge is -2.14. The Morgan fingerprint density at radius 3 is 2.21 bits per heavy atom. The first-order chi connectivity index (χ1) is 20.7. The van der Waals surface area contributed by atoms with Gasteiger partial charge in [0.1, 0.15) is 11.4 Å². The molecule has 4 rings (SSSR count). The summed E-state index contributed by atoms with van der Waals surface area (Å²) in [5.41, 5.74) is 1.79. The van der Waals surface area contributed by atoms with E-state index in [9.17, 15) is 24.5 Å². The minimum atomic E-state index is -0.589. The van der Waals surface area contributed by atoms with Gasteiger partial charge in [-0.05, 0) is 79.2 Å². The third kappa shape index (κ3) is 8.78. The zero-order chi connectivity index (χ0) is 30.8. The first-order valence-corrected chi connectivity index (χ1v) is 14.0. The van der Waals surface area contributed by atoms with E-state index in [0.29, 0.717) is 28.3 Å². The molecule has 1 atom stereocenters. The van der Waals surface area contributed by atoms with Gasteiger partial charge in [-0.1, -0.05) is 24.3 Å². The largest absolute Gasteiger partial charge is 0.497 e. The van der Waals surface area contributed by atoms with Crippen LogP contribution in [0.1, 0.15) is 22.8 Å². The number of rotatable bonds is 11. The summed E-state index contributed by atoms with van der Waals surface area (Å²) < 4.78 is 5.19. The van der Waals surface area contributed by atoms with Crippen molar-refractivity contribution < 1.29 is 24.0 Å². The highest BCUT2D eigenvalue weighted by Crippen LogP contribution is 2.26. The van der Waals surface area contributed by atoms with E-state index in [1.165, 1.54) is 42.1 Å². The molecule has 1 unspecified atom stereocenters. The zero-order valence-electron chi connectivity index (χ0n) is 23.3. The molecule has 43 heavy (non-hydrogen) atoms. The average Bonchev–Trinajstić information content (AvgIpc) is 3.02. The smallest absolute Gasteiger partial charge is 0.272 e. The predicted octanol–water partition coefficient (Wildman–Crippen LogP) is 6.13. The number of hydrogen-bond acceptors (Lipinski definition) is 7. The van der Waals surface area contributed by atoms with Crippen molar-refractivity contribution in [3.8, 4) is 5.75 Å². The third-order valence-electron chi connectivity index (χ3n) is 6.08. The molecule has 0 fully saturated rings. The van der Waals surface area contributed by atoms with Crippen LogP contribution in [0.15, 0.2) is 114 Å². The van der Waals surface area contributed by atoms with Crippen molar-refractivity contribution in [2.45, 2.75) is 17.1 Å². The minimum Gasteiger partial charge on any atom is -0.497 e. The molecule has 0 aromatic heterocycles. The Labute approximate surface area is 252 Å². The van der Waals surface area contributed by atoms with Gasteiger partial charge in [-0.3, -0.25) is 24.5 Å². The van der Waals surface area contributed by atoms with Crippen molar-refractivity contribution in [1.29, 1.82) is 0 Å².